The van der Waals surface area contributed by atoms with E-state index in [1.807, 2.05) is 24.3 Å². The molecule has 0 saturated carbocycles. The monoisotopic (exact) mass is 264 g/mol. The summed E-state index contributed by atoms with van der Waals surface area (Å²) in [6.45, 7) is 0. The van der Waals surface area contributed by atoms with Crippen molar-refractivity contribution < 1.29 is 9.53 Å². The second-order valence-corrected chi connectivity index (χ2v) is 4.29. The van der Waals surface area contributed by atoms with E-state index in [1.165, 1.54) is 7.11 Å². The van der Waals surface area contributed by atoms with Gasteiger partial charge in [0.15, 0.2) is 5.69 Å². The third-order valence-electron chi connectivity index (χ3n) is 3.07. The Balaban J connectivity index is 2.08. The van der Waals surface area contributed by atoms with E-state index >= 15 is 0 Å². The van der Waals surface area contributed by atoms with Crippen LogP contribution in [0.4, 0.5) is 0 Å². The first-order valence-corrected chi connectivity index (χ1v) is 6.18. The first kappa shape index (κ1) is 12.3. The summed E-state index contributed by atoms with van der Waals surface area (Å²) in [5.74, 6) is 0.317. The zero-order valence-electron chi connectivity index (χ0n) is 10.9. The number of ketones is 1. The number of carbonyl (C=O) groups is 1. The molecule has 20 heavy (non-hydrogen) atoms. The van der Waals surface area contributed by atoms with Crippen LogP contribution in [-0.4, -0.2) is 22.9 Å². The number of benzene rings is 1. The minimum atomic E-state index is -0.159. The third kappa shape index (κ3) is 2.12. The second-order valence-electron chi connectivity index (χ2n) is 4.29. The fourth-order valence-electron chi connectivity index (χ4n) is 2.08. The molecule has 2 heterocycles. The highest BCUT2D eigenvalue weighted by atomic mass is 16.5. The van der Waals surface area contributed by atoms with Crippen molar-refractivity contribution in [3.8, 4) is 5.75 Å². The molecule has 0 atom stereocenters. The minimum Gasteiger partial charge on any atom is -0.494 e. The Labute approximate surface area is 116 Å². The minimum absolute atomic E-state index is 0.159. The predicted molar refractivity (Wildman–Crippen MR) is 76.0 cm³/mol. The average Bonchev–Trinajstić information content (AvgIpc) is 2.53. The number of carbonyl (C=O) groups excluding carboxylic acids is 1. The van der Waals surface area contributed by atoms with E-state index in [4.69, 9.17) is 4.74 Å². The number of hydrogen-bond acceptors (Lipinski definition) is 4. The SMILES string of the molecule is COc1cccnc1C(=O)c1ccc2ncccc2c1. The Morgan fingerprint density at radius 2 is 1.85 bits per heavy atom. The van der Waals surface area contributed by atoms with E-state index in [0.29, 0.717) is 17.0 Å². The number of nitrogens with zero attached hydrogens (tertiary/aromatic N) is 2. The van der Waals surface area contributed by atoms with Crippen molar-refractivity contribution in [2.45, 2.75) is 0 Å². The molecule has 0 spiro atoms. The highest BCUT2D eigenvalue weighted by molar-refractivity contribution is 6.10. The molecular formula is C16H12N2O2. The average molecular weight is 264 g/mol. The summed E-state index contributed by atoms with van der Waals surface area (Å²) in [6.07, 6.45) is 3.31. The van der Waals surface area contributed by atoms with Gasteiger partial charge in [-0.25, -0.2) is 4.98 Å². The molecule has 0 radical (unpaired) electrons. The molecule has 0 unspecified atom stereocenters. The van der Waals surface area contributed by atoms with Crippen molar-refractivity contribution in [1.82, 2.24) is 9.97 Å². The van der Waals surface area contributed by atoms with E-state index in [9.17, 15) is 4.79 Å². The van der Waals surface area contributed by atoms with Gasteiger partial charge in [-0.05, 0) is 36.4 Å². The lowest BCUT2D eigenvalue weighted by Gasteiger charge is -2.06. The first-order valence-electron chi connectivity index (χ1n) is 6.18. The van der Waals surface area contributed by atoms with Gasteiger partial charge in [0.05, 0.1) is 12.6 Å². The lowest BCUT2D eigenvalue weighted by molar-refractivity contribution is 0.103. The predicted octanol–water partition coefficient (Wildman–Crippen LogP) is 2.87. The summed E-state index contributed by atoms with van der Waals surface area (Å²) < 4.78 is 5.18. The molecule has 1 aromatic carbocycles. The zero-order valence-corrected chi connectivity index (χ0v) is 10.9. The first-order chi connectivity index (χ1) is 9.79. The molecule has 2 aromatic heterocycles. The smallest absolute Gasteiger partial charge is 0.215 e. The normalized spacial score (nSPS) is 10.4. The lowest BCUT2D eigenvalue weighted by Crippen LogP contribution is -2.06. The van der Waals surface area contributed by atoms with Crippen LogP contribution in [0.15, 0.2) is 54.9 Å². The standard InChI is InChI=1S/C16H12N2O2/c1-20-14-5-3-9-18-15(14)16(19)12-6-7-13-11(10-12)4-2-8-17-13/h2-10H,1H3. The molecule has 0 fully saturated rings. The number of aromatic nitrogens is 2. The molecule has 3 rings (SSSR count). The molecule has 0 amide bonds. The van der Waals surface area contributed by atoms with Crippen molar-refractivity contribution in [1.29, 1.82) is 0 Å². The third-order valence-corrected chi connectivity index (χ3v) is 3.07. The Morgan fingerprint density at radius 1 is 1.05 bits per heavy atom. The van der Waals surface area contributed by atoms with Crippen LogP contribution in [0.2, 0.25) is 0 Å². The molecule has 4 heteroatoms. The molecule has 0 N–H and O–H groups in total. The summed E-state index contributed by atoms with van der Waals surface area (Å²) >= 11 is 0. The summed E-state index contributed by atoms with van der Waals surface area (Å²) in [6, 6.07) is 12.6. The summed E-state index contributed by atoms with van der Waals surface area (Å²) in [5, 5.41) is 0.924. The number of rotatable bonds is 3. The Morgan fingerprint density at radius 3 is 2.70 bits per heavy atom. The molecule has 98 valence electrons. The lowest BCUT2D eigenvalue weighted by atomic mass is 10.0. The van der Waals surface area contributed by atoms with E-state index in [0.717, 1.165) is 10.9 Å². The number of ether oxygens (including phenoxy) is 1. The summed E-state index contributed by atoms with van der Waals surface area (Å²) in [7, 11) is 1.53. The van der Waals surface area contributed by atoms with Crippen molar-refractivity contribution in [2.75, 3.05) is 7.11 Å². The molecule has 0 bridgehead atoms. The van der Waals surface area contributed by atoms with Gasteiger partial charge in [0.25, 0.3) is 0 Å². The molecule has 3 aromatic rings. The van der Waals surface area contributed by atoms with Crippen LogP contribution >= 0.6 is 0 Å². The van der Waals surface area contributed by atoms with E-state index in [1.54, 1.807) is 30.6 Å². The topological polar surface area (TPSA) is 52.1 Å². The molecule has 0 aliphatic rings. The van der Waals surface area contributed by atoms with Crippen molar-refractivity contribution in [2.24, 2.45) is 0 Å². The van der Waals surface area contributed by atoms with E-state index in [-0.39, 0.29) is 5.78 Å². The van der Waals surface area contributed by atoms with Crippen LogP contribution < -0.4 is 4.74 Å². The maximum atomic E-state index is 12.5. The Hall–Kier alpha value is -2.75. The van der Waals surface area contributed by atoms with Crippen LogP contribution in [0.25, 0.3) is 10.9 Å². The fourth-order valence-corrected chi connectivity index (χ4v) is 2.08. The van der Waals surface area contributed by atoms with Gasteiger partial charge < -0.3 is 4.74 Å². The highest BCUT2D eigenvalue weighted by Gasteiger charge is 2.15. The molecule has 0 saturated heterocycles. The van der Waals surface area contributed by atoms with Crippen LogP contribution in [0.5, 0.6) is 5.75 Å². The maximum absolute atomic E-state index is 12.5. The molecule has 0 aliphatic carbocycles. The number of pyridine rings is 2. The number of hydrogen-bond donors (Lipinski definition) is 0. The van der Waals surface area contributed by atoms with Gasteiger partial charge in [-0.3, -0.25) is 9.78 Å². The van der Waals surface area contributed by atoms with Crippen LogP contribution in [0.1, 0.15) is 16.1 Å². The van der Waals surface area contributed by atoms with Crippen molar-refractivity contribution >= 4 is 16.7 Å². The molecule has 4 nitrogen and oxygen atoms in total. The molecule has 0 aliphatic heterocycles. The van der Waals surface area contributed by atoms with Gasteiger partial charge in [-0.2, -0.15) is 0 Å². The van der Waals surface area contributed by atoms with Gasteiger partial charge in [0, 0.05) is 23.3 Å². The summed E-state index contributed by atoms with van der Waals surface area (Å²) in [4.78, 5) is 20.9. The number of fused-ring (bicyclic) bond motifs is 1. The zero-order chi connectivity index (χ0) is 13.9. The van der Waals surface area contributed by atoms with E-state index in [2.05, 4.69) is 9.97 Å². The van der Waals surface area contributed by atoms with Gasteiger partial charge in [-0.15, -0.1) is 0 Å². The Bertz CT molecular complexity index is 784. The Kier molecular flexibility index (Phi) is 3.13. The van der Waals surface area contributed by atoms with Crippen LogP contribution in [-0.2, 0) is 0 Å². The van der Waals surface area contributed by atoms with Crippen molar-refractivity contribution in [3.05, 3.63) is 66.1 Å². The quantitative estimate of drug-likeness (QED) is 0.682. The van der Waals surface area contributed by atoms with Gasteiger partial charge in [-0.1, -0.05) is 6.07 Å². The van der Waals surface area contributed by atoms with E-state index < -0.39 is 0 Å². The molecular weight excluding hydrogens is 252 g/mol. The second kappa shape index (κ2) is 5.09. The highest BCUT2D eigenvalue weighted by Crippen LogP contribution is 2.21. The largest absolute Gasteiger partial charge is 0.494 e. The van der Waals surface area contributed by atoms with Crippen LogP contribution in [0.3, 0.4) is 0 Å². The van der Waals surface area contributed by atoms with Gasteiger partial charge >= 0.3 is 0 Å². The fraction of sp³-hybridized carbons (Fsp3) is 0.0625. The maximum Gasteiger partial charge on any atom is 0.215 e. The van der Waals surface area contributed by atoms with Gasteiger partial charge in [0.2, 0.25) is 5.78 Å². The summed E-state index contributed by atoms with van der Waals surface area (Å²) in [5.41, 5.74) is 1.75. The number of methoxy groups -OCH3 is 1. The van der Waals surface area contributed by atoms with Crippen molar-refractivity contribution in [3.63, 3.8) is 0 Å². The van der Waals surface area contributed by atoms with Crippen LogP contribution in [0, 0.1) is 0 Å². The van der Waals surface area contributed by atoms with Gasteiger partial charge in [0.1, 0.15) is 5.75 Å².